The fraction of sp³-hybridized carbons (Fsp3) is 0.314. The molecule has 2 aromatic carbocycles. The molecule has 0 saturated carbocycles. The summed E-state index contributed by atoms with van der Waals surface area (Å²) in [6, 6.07) is 17.2. The van der Waals surface area contributed by atoms with Gasteiger partial charge in [0.2, 0.25) is 0 Å². The van der Waals surface area contributed by atoms with Crippen LogP contribution in [0.15, 0.2) is 83.8 Å². The third-order valence-corrected chi connectivity index (χ3v) is 7.33. The van der Waals surface area contributed by atoms with Crippen molar-refractivity contribution in [3.05, 3.63) is 101 Å². The SMILES string of the molecule is C.CC1Cc2ccncc2O1.C[C@@H]1CNc2ccc(Cl)cc2O1.C[C@H]1CNc2ccc(Cl)cc2O1.Cc1cc2ccncc2o1. The van der Waals surface area contributed by atoms with E-state index >= 15 is 0 Å². The van der Waals surface area contributed by atoms with E-state index in [1.54, 1.807) is 24.8 Å². The number of hydrogen-bond acceptors (Lipinski definition) is 8. The lowest BCUT2D eigenvalue weighted by Gasteiger charge is -2.24. The second kappa shape index (κ2) is 15.7. The van der Waals surface area contributed by atoms with Gasteiger partial charge in [0.1, 0.15) is 41.3 Å². The number of nitrogens with zero attached hydrogens (tertiary/aromatic N) is 2. The van der Waals surface area contributed by atoms with E-state index in [1.807, 2.05) is 75.4 Å². The van der Waals surface area contributed by atoms with E-state index in [0.29, 0.717) is 16.1 Å². The summed E-state index contributed by atoms with van der Waals surface area (Å²) >= 11 is 11.6. The third-order valence-electron chi connectivity index (χ3n) is 6.86. The largest absolute Gasteiger partial charge is 0.488 e. The lowest BCUT2D eigenvalue weighted by Crippen LogP contribution is -2.27. The predicted octanol–water partition coefficient (Wildman–Crippen LogP) is 9.24. The molecule has 0 spiro atoms. The predicted molar refractivity (Wildman–Crippen MR) is 184 cm³/mol. The average Bonchev–Trinajstić information content (AvgIpc) is 3.58. The van der Waals surface area contributed by atoms with Gasteiger partial charge in [-0.05, 0) is 70.2 Å². The maximum absolute atomic E-state index is 5.82. The maximum Gasteiger partial charge on any atom is 0.152 e. The summed E-state index contributed by atoms with van der Waals surface area (Å²) in [4.78, 5) is 7.90. The second-order valence-corrected chi connectivity index (χ2v) is 11.7. The molecular formula is C35H40Cl2N4O4. The molecule has 0 bridgehead atoms. The van der Waals surface area contributed by atoms with Crippen LogP contribution in [0.5, 0.6) is 17.2 Å². The number of ether oxygens (including phenoxy) is 3. The molecular weight excluding hydrogens is 611 g/mol. The minimum absolute atomic E-state index is 0. The summed E-state index contributed by atoms with van der Waals surface area (Å²) < 4.78 is 21.9. The molecule has 0 aliphatic carbocycles. The highest BCUT2D eigenvalue weighted by Crippen LogP contribution is 2.32. The van der Waals surface area contributed by atoms with E-state index in [1.165, 1.54) is 5.56 Å². The summed E-state index contributed by atoms with van der Waals surface area (Å²) in [5.74, 6) is 3.58. The van der Waals surface area contributed by atoms with Crippen LogP contribution in [0.4, 0.5) is 11.4 Å². The first-order valence-electron chi connectivity index (χ1n) is 14.5. The van der Waals surface area contributed by atoms with Crippen molar-refractivity contribution in [3.63, 3.8) is 0 Å². The van der Waals surface area contributed by atoms with E-state index in [9.17, 15) is 0 Å². The molecule has 6 heterocycles. The smallest absolute Gasteiger partial charge is 0.152 e. The van der Waals surface area contributed by atoms with Crippen molar-refractivity contribution < 1.29 is 18.6 Å². The van der Waals surface area contributed by atoms with Crippen LogP contribution < -0.4 is 24.8 Å². The zero-order valence-electron chi connectivity index (χ0n) is 25.1. The van der Waals surface area contributed by atoms with Gasteiger partial charge < -0.3 is 29.3 Å². The van der Waals surface area contributed by atoms with Gasteiger partial charge in [-0.15, -0.1) is 0 Å². The molecule has 0 radical (unpaired) electrons. The molecule has 8 rings (SSSR count). The fourth-order valence-electron chi connectivity index (χ4n) is 4.77. The minimum Gasteiger partial charge on any atom is -0.488 e. The number of rotatable bonds is 0. The van der Waals surface area contributed by atoms with Gasteiger partial charge in [0.25, 0.3) is 0 Å². The molecule has 3 aromatic heterocycles. The maximum atomic E-state index is 5.82. The van der Waals surface area contributed by atoms with Gasteiger partial charge in [0.05, 0.1) is 36.9 Å². The van der Waals surface area contributed by atoms with Gasteiger partial charge in [0.15, 0.2) is 5.58 Å². The topological polar surface area (TPSA) is 90.7 Å². The standard InChI is InChI=1S/2C9H10ClNO.C8H9NO.C8H7NO.CH4/c2*1-6-5-11-8-3-2-7(10)4-9(8)12-6;2*1-6-4-7-2-3-9-5-8(7)10-6;/h2*2-4,6,11H,5H2,1H3;2-3,5-6H,4H2,1H3;2-5H,1H3;1H4/t2*6-;;;/m10.../s1. The number of aromatic nitrogens is 2. The van der Waals surface area contributed by atoms with Crippen LogP contribution in [0.2, 0.25) is 10.0 Å². The Morgan fingerprint density at radius 2 is 1.24 bits per heavy atom. The van der Waals surface area contributed by atoms with Gasteiger partial charge in [-0.3, -0.25) is 9.97 Å². The number of furan rings is 1. The van der Waals surface area contributed by atoms with E-state index in [4.69, 9.17) is 41.8 Å². The Kier molecular flexibility index (Phi) is 11.8. The van der Waals surface area contributed by atoms with Crippen molar-refractivity contribution in [1.29, 1.82) is 0 Å². The first-order chi connectivity index (χ1) is 21.2. The Hall–Kier alpha value is -4.14. The van der Waals surface area contributed by atoms with E-state index in [2.05, 4.69) is 27.5 Å². The zero-order valence-corrected chi connectivity index (χ0v) is 26.7. The van der Waals surface area contributed by atoms with Crippen molar-refractivity contribution in [2.45, 2.75) is 59.9 Å². The van der Waals surface area contributed by atoms with E-state index in [0.717, 1.165) is 64.9 Å². The normalized spacial score (nSPS) is 18.2. The highest BCUT2D eigenvalue weighted by atomic mass is 35.5. The number of nitrogens with one attached hydrogen (secondary N) is 2. The van der Waals surface area contributed by atoms with Gasteiger partial charge in [-0.1, -0.05) is 30.6 Å². The van der Waals surface area contributed by atoms with Crippen LogP contribution in [-0.4, -0.2) is 41.4 Å². The Bertz CT molecular complexity index is 1580. The van der Waals surface area contributed by atoms with E-state index in [-0.39, 0.29) is 19.6 Å². The van der Waals surface area contributed by atoms with Crippen molar-refractivity contribution in [1.82, 2.24) is 9.97 Å². The molecule has 45 heavy (non-hydrogen) atoms. The number of fused-ring (bicyclic) bond motifs is 4. The molecule has 3 atom stereocenters. The lowest BCUT2D eigenvalue weighted by atomic mass is 10.2. The summed E-state index contributed by atoms with van der Waals surface area (Å²) in [6.07, 6.45) is 8.86. The number of pyridine rings is 2. The molecule has 5 aromatic rings. The summed E-state index contributed by atoms with van der Waals surface area (Å²) in [7, 11) is 0. The van der Waals surface area contributed by atoms with Crippen molar-refractivity contribution in [2.75, 3.05) is 23.7 Å². The van der Waals surface area contributed by atoms with Crippen molar-refractivity contribution >= 4 is 45.5 Å². The Labute approximate surface area is 275 Å². The zero-order chi connectivity index (χ0) is 31.1. The second-order valence-electron chi connectivity index (χ2n) is 10.8. The first kappa shape index (κ1) is 33.7. The quantitative estimate of drug-likeness (QED) is 0.171. The molecule has 1 unspecified atom stereocenters. The van der Waals surface area contributed by atoms with Crippen LogP contribution in [0, 0.1) is 6.92 Å². The first-order valence-corrected chi connectivity index (χ1v) is 15.3. The molecule has 0 amide bonds. The Balaban J connectivity index is 0.000000136. The summed E-state index contributed by atoms with van der Waals surface area (Å²) in [5, 5.41) is 9.06. The molecule has 0 saturated heterocycles. The van der Waals surface area contributed by atoms with Crippen molar-refractivity contribution in [3.8, 4) is 17.2 Å². The highest BCUT2D eigenvalue weighted by Gasteiger charge is 2.18. The number of anilines is 2. The van der Waals surface area contributed by atoms with Crippen molar-refractivity contribution in [2.24, 2.45) is 0 Å². The molecule has 0 fully saturated rings. The van der Waals surface area contributed by atoms with E-state index < -0.39 is 0 Å². The monoisotopic (exact) mass is 650 g/mol. The molecule has 3 aliphatic heterocycles. The lowest BCUT2D eigenvalue weighted by molar-refractivity contribution is 0.226. The number of hydrogen-bond donors (Lipinski definition) is 2. The average molecular weight is 652 g/mol. The highest BCUT2D eigenvalue weighted by molar-refractivity contribution is 6.31. The third kappa shape index (κ3) is 9.42. The Morgan fingerprint density at radius 3 is 1.82 bits per heavy atom. The summed E-state index contributed by atoms with van der Waals surface area (Å²) in [5.41, 5.74) is 4.19. The van der Waals surface area contributed by atoms with Crippen LogP contribution in [0.1, 0.15) is 39.5 Å². The molecule has 2 N–H and O–H groups in total. The Morgan fingerprint density at radius 1 is 0.689 bits per heavy atom. The minimum atomic E-state index is 0. The van der Waals surface area contributed by atoms with Gasteiger partial charge in [-0.2, -0.15) is 0 Å². The van der Waals surface area contributed by atoms with Gasteiger partial charge in [0, 0.05) is 51.9 Å². The number of aryl methyl sites for hydroxylation is 1. The number of benzene rings is 2. The van der Waals surface area contributed by atoms with Crippen LogP contribution in [0.25, 0.3) is 11.0 Å². The molecule has 238 valence electrons. The van der Waals surface area contributed by atoms with Gasteiger partial charge in [-0.25, -0.2) is 0 Å². The molecule has 10 heteroatoms. The molecule has 3 aliphatic rings. The van der Waals surface area contributed by atoms with Crippen LogP contribution in [-0.2, 0) is 6.42 Å². The fourth-order valence-corrected chi connectivity index (χ4v) is 5.10. The summed E-state index contributed by atoms with van der Waals surface area (Å²) in [6.45, 7) is 9.76. The number of halogens is 2. The van der Waals surface area contributed by atoms with Gasteiger partial charge >= 0.3 is 0 Å². The molecule has 8 nitrogen and oxygen atoms in total. The van der Waals surface area contributed by atoms with Crippen LogP contribution in [0.3, 0.4) is 0 Å². The van der Waals surface area contributed by atoms with Crippen LogP contribution >= 0.6 is 23.2 Å².